The minimum atomic E-state index is -0.692. The lowest BCUT2D eigenvalue weighted by molar-refractivity contribution is -0.385. The first kappa shape index (κ1) is 13.1. The third-order valence-electron chi connectivity index (χ3n) is 1.78. The molecule has 17 heavy (non-hydrogen) atoms. The number of primary amides is 1. The molecule has 0 radical (unpaired) electrons. The van der Waals surface area contributed by atoms with Crippen molar-refractivity contribution in [1.29, 1.82) is 0 Å². The van der Waals surface area contributed by atoms with E-state index < -0.39 is 16.7 Å². The molecule has 0 saturated heterocycles. The van der Waals surface area contributed by atoms with Gasteiger partial charge in [0.2, 0.25) is 5.91 Å². The number of carbonyl (C=O) groups is 2. The van der Waals surface area contributed by atoms with Crippen LogP contribution in [0.25, 0.3) is 0 Å². The largest absolute Gasteiger partial charge is 0.368 e. The maximum absolute atomic E-state index is 11.5. The van der Waals surface area contributed by atoms with Gasteiger partial charge in [-0.3, -0.25) is 19.7 Å². The Hall–Kier alpha value is -1.96. The van der Waals surface area contributed by atoms with E-state index in [0.717, 1.165) is 6.07 Å². The van der Waals surface area contributed by atoms with Gasteiger partial charge >= 0.3 is 0 Å². The van der Waals surface area contributed by atoms with Crippen LogP contribution in [0.5, 0.6) is 0 Å². The van der Waals surface area contributed by atoms with Gasteiger partial charge in [0.25, 0.3) is 11.6 Å². The average molecular weight is 302 g/mol. The van der Waals surface area contributed by atoms with Crippen molar-refractivity contribution in [2.24, 2.45) is 5.73 Å². The van der Waals surface area contributed by atoms with E-state index >= 15 is 0 Å². The molecule has 0 atom stereocenters. The highest BCUT2D eigenvalue weighted by atomic mass is 79.9. The number of nitrogens with two attached hydrogens (primary N) is 1. The summed E-state index contributed by atoms with van der Waals surface area (Å²) in [6.45, 7) is -0.320. The number of rotatable bonds is 4. The molecule has 3 N–H and O–H groups in total. The molecule has 0 aliphatic rings. The summed E-state index contributed by atoms with van der Waals surface area (Å²) in [5.74, 6) is -1.30. The van der Waals surface area contributed by atoms with Gasteiger partial charge in [-0.25, -0.2) is 0 Å². The van der Waals surface area contributed by atoms with Gasteiger partial charge in [-0.1, -0.05) is 15.9 Å². The highest BCUT2D eigenvalue weighted by molar-refractivity contribution is 9.10. The molecule has 0 saturated carbocycles. The summed E-state index contributed by atoms with van der Waals surface area (Å²) in [7, 11) is 0. The molecule has 0 heterocycles. The number of benzene rings is 1. The molecular formula is C9H8BrN3O4. The first-order valence-electron chi connectivity index (χ1n) is 4.41. The van der Waals surface area contributed by atoms with Gasteiger partial charge in [0.15, 0.2) is 0 Å². The first-order chi connectivity index (χ1) is 7.90. The number of nitrogens with one attached hydrogen (secondary N) is 1. The smallest absolute Gasteiger partial charge is 0.271 e. The Balaban J connectivity index is 2.93. The third kappa shape index (κ3) is 3.83. The molecule has 1 aromatic rings. The fraction of sp³-hybridized carbons (Fsp3) is 0.111. The van der Waals surface area contributed by atoms with Gasteiger partial charge in [-0.2, -0.15) is 0 Å². The monoisotopic (exact) mass is 301 g/mol. The van der Waals surface area contributed by atoms with Crippen molar-refractivity contribution >= 4 is 33.4 Å². The van der Waals surface area contributed by atoms with Crippen molar-refractivity contribution in [3.05, 3.63) is 38.3 Å². The van der Waals surface area contributed by atoms with Crippen LogP contribution in [0.1, 0.15) is 10.4 Å². The molecule has 0 aliphatic heterocycles. The van der Waals surface area contributed by atoms with Crippen LogP contribution < -0.4 is 11.1 Å². The molecule has 0 fully saturated rings. The van der Waals surface area contributed by atoms with Crippen molar-refractivity contribution in [2.75, 3.05) is 6.54 Å². The van der Waals surface area contributed by atoms with E-state index in [9.17, 15) is 19.7 Å². The molecular weight excluding hydrogens is 294 g/mol. The Morgan fingerprint density at radius 3 is 2.59 bits per heavy atom. The number of hydrogen-bond donors (Lipinski definition) is 2. The number of nitro benzene ring substituents is 1. The van der Waals surface area contributed by atoms with Crippen LogP contribution in [0.15, 0.2) is 22.7 Å². The summed E-state index contributed by atoms with van der Waals surface area (Å²) in [6, 6.07) is 3.79. The quantitative estimate of drug-likeness (QED) is 0.625. The van der Waals surface area contributed by atoms with Crippen LogP contribution in [0, 0.1) is 10.1 Å². The summed E-state index contributed by atoms with van der Waals surface area (Å²) in [5, 5.41) is 12.8. The van der Waals surface area contributed by atoms with Crippen molar-refractivity contribution in [2.45, 2.75) is 0 Å². The molecule has 1 rings (SSSR count). The van der Waals surface area contributed by atoms with Gasteiger partial charge in [0.05, 0.1) is 11.5 Å². The highest BCUT2D eigenvalue weighted by Crippen LogP contribution is 2.21. The number of nitro groups is 1. The minimum Gasteiger partial charge on any atom is -0.368 e. The average Bonchev–Trinajstić information content (AvgIpc) is 2.24. The van der Waals surface area contributed by atoms with Crippen LogP contribution >= 0.6 is 15.9 Å². The molecule has 0 aliphatic carbocycles. The lowest BCUT2D eigenvalue weighted by Crippen LogP contribution is -2.33. The first-order valence-corrected chi connectivity index (χ1v) is 5.21. The van der Waals surface area contributed by atoms with Crippen LogP contribution in [-0.2, 0) is 4.79 Å². The highest BCUT2D eigenvalue weighted by Gasteiger charge is 2.13. The molecule has 2 amide bonds. The zero-order valence-corrected chi connectivity index (χ0v) is 10.1. The molecule has 0 spiro atoms. The standard InChI is InChI=1S/C9H8BrN3O4/c10-6-1-5(2-7(3-6)13(16)17)9(15)12-4-8(11)14/h1-3H,4H2,(H2,11,14)(H,12,15). The lowest BCUT2D eigenvalue weighted by atomic mass is 10.2. The molecule has 0 unspecified atom stereocenters. The summed E-state index contributed by atoms with van der Waals surface area (Å²) in [5.41, 5.74) is 4.71. The molecule has 1 aromatic carbocycles. The number of non-ortho nitro benzene ring substituents is 1. The molecule has 7 nitrogen and oxygen atoms in total. The van der Waals surface area contributed by atoms with Crippen molar-refractivity contribution < 1.29 is 14.5 Å². The Morgan fingerprint density at radius 1 is 1.41 bits per heavy atom. The number of nitrogens with zero attached hydrogens (tertiary/aromatic N) is 1. The third-order valence-corrected chi connectivity index (χ3v) is 2.24. The van der Waals surface area contributed by atoms with Crippen LogP contribution in [0.4, 0.5) is 5.69 Å². The Labute approximate surface area is 104 Å². The second kappa shape index (κ2) is 5.39. The number of carbonyl (C=O) groups excluding carboxylic acids is 2. The lowest BCUT2D eigenvalue weighted by Gasteiger charge is -2.03. The normalized spacial score (nSPS) is 9.71. The zero-order chi connectivity index (χ0) is 13.0. The Bertz CT molecular complexity index is 489. The van der Waals surface area contributed by atoms with E-state index in [1.807, 2.05) is 0 Å². The Kier molecular flexibility index (Phi) is 4.16. The molecule has 90 valence electrons. The summed E-state index contributed by atoms with van der Waals surface area (Å²) in [6.07, 6.45) is 0. The predicted octanol–water partition coefficient (Wildman–Crippen LogP) is 0.572. The van der Waals surface area contributed by atoms with Crippen molar-refractivity contribution in [1.82, 2.24) is 5.32 Å². The van der Waals surface area contributed by atoms with Crippen LogP contribution in [0.2, 0.25) is 0 Å². The number of amides is 2. The van der Waals surface area contributed by atoms with E-state index in [1.165, 1.54) is 12.1 Å². The van der Waals surface area contributed by atoms with Gasteiger partial charge in [0, 0.05) is 22.2 Å². The fourth-order valence-corrected chi connectivity index (χ4v) is 1.56. The van der Waals surface area contributed by atoms with E-state index in [2.05, 4.69) is 21.2 Å². The molecule has 8 heteroatoms. The summed E-state index contributed by atoms with van der Waals surface area (Å²) < 4.78 is 0.399. The van der Waals surface area contributed by atoms with Gasteiger partial charge < -0.3 is 11.1 Å². The number of halogens is 1. The summed E-state index contributed by atoms with van der Waals surface area (Å²) in [4.78, 5) is 31.9. The van der Waals surface area contributed by atoms with Crippen molar-refractivity contribution in [3.63, 3.8) is 0 Å². The summed E-state index contributed by atoms with van der Waals surface area (Å²) >= 11 is 3.05. The molecule has 0 bridgehead atoms. The van der Waals surface area contributed by atoms with Gasteiger partial charge in [-0.15, -0.1) is 0 Å². The fourth-order valence-electron chi connectivity index (χ4n) is 1.08. The number of hydrogen-bond acceptors (Lipinski definition) is 4. The van der Waals surface area contributed by atoms with E-state index in [4.69, 9.17) is 5.73 Å². The SMILES string of the molecule is NC(=O)CNC(=O)c1cc(Br)cc([N+](=O)[O-])c1. The van der Waals surface area contributed by atoms with E-state index in [1.54, 1.807) is 0 Å². The van der Waals surface area contributed by atoms with E-state index in [0.29, 0.717) is 4.47 Å². The van der Waals surface area contributed by atoms with Gasteiger partial charge in [-0.05, 0) is 6.07 Å². The maximum Gasteiger partial charge on any atom is 0.271 e. The molecule has 0 aromatic heterocycles. The van der Waals surface area contributed by atoms with Crippen LogP contribution in [0.3, 0.4) is 0 Å². The van der Waals surface area contributed by atoms with Crippen LogP contribution in [-0.4, -0.2) is 23.3 Å². The van der Waals surface area contributed by atoms with Crippen molar-refractivity contribution in [3.8, 4) is 0 Å². The second-order valence-electron chi connectivity index (χ2n) is 3.10. The maximum atomic E-state index is 11.5. The second-order valence-corrected chi connectivity index (χ2v) is 4.02. The topological polar surface area (TPSA) is 115 Å². The minimum absolute atomic E-state index is 0.0762. The Morgan fingerprint density at radius 2 is 2.06 bits per heavy atom. The van der Waals surface area contributed by atoms with Gasteiger partial charge in [0.1, 0.15) is 0 Å². The predicted molar refractivity (Wildman–Crippen MR) is 62.3 cm³/mol. The zero-order valence-electron chi connectivity index (χ0n) is 8.47. The van der Waals surface area contributed by atoms with E-state index in [-0.39, 0.29) is 17.8 Å².